The molecule has 0 saturated carbocycles. The number of carbonyl (C=O) groups is 1. The lowest BCUT2D eigenvalue weighted by atomic mass is 10.3. The predicted octanol–water partition coefficient (Wildman–Crippen LogP) is 1.03. The first kappa shape index (κ1) is 15.0. The Labute approximate surface area is 111 Å². The molecule has 1 aromatic carbocycles. The number of nitrogens with one attached hydrogen (secondary N) is 1. The van der Waals surface area contributed by atoms with Gasteiger partial charge in [-0.05, 0) is 24.3 Å². The highest BCUT2D eigenvalue weighted by Gasteiger charge is 2.09. The molecule has 1 aromatic rings. The van der Waals surface area contributed by atoms with Crippen LogP contribution in [-0.2, 0) is 4.79 Å². The van der Waals surface area contributed by atoms with E-state index in [2.05, 4.69) is 5.32 Å². The van der Waals surface area contributed by atoms with E-state index in [0.717, 1.165) is 12.2 Å². The Morgan fingerprint density at radius 2 is 1.89 bits per heavy atom. The van der Waals surface area contributed by atoms with Gasteiger partial charge in [0, 0.05) is 11.3 Å². The third kappa shape index (κ3) is 6.05. The number of aliphatic hydroxyl groups is 2. The zero-order chi connectivity index (χ0) is 13.2. The van der Waals surface area contributed by atoms with Gasteiger partial charge >= 0.3 is 0 Å². The highest BCUT2D eigenvalue weighted by atomic mass is 32.2. The Morgan fingerprint density at radius 3 is 2.50 bits per heavy atom. The van der Waals surface area contributed by atoms with Crippen LogP contribution < -0.4 is 5.32 Å². The molecule has 0 saturated heterocycles. The van der Waals surface area contributed by atoms with Crippen molar-refractivity contribution in [3.05, 3.63) is 30.3 Å². The fourth-order valence-electron chi connectivity index (χ4n) is 1.39. The van der Waals surface area contributed by atoms with Gasteiger partial charge in [-0.3, -0.25) is 4.79 Å². The normalized spacial score (nSPS) is 10.6. The lowest BCUT2D eigenvalue weighted by molar-refractivity contribution is -0.122. The van der Waals surface area contributed by atoms with Crippen molar-refractivity contribution in [3.8, 4) is 0 Å². The summed E-state index contributed by atoms with van der Waals surface area (Å²) in [6.45, 7) is -0.470. The van der Waals surface area contributed by atoms with Crippen LogP contribution in [0.25, 0.3) is 0 Å². The molecular formula is C13H19NO3S. The smallest absolute Gasteiger partial charge is 0.220 e. The molecule has 0 bridgehead atoms. The van der Waals surface area contributed by atoms with Crippen molar-refractivity contribution in [1.29, 1.82) is 0 Å². The molecule has 0 aromatic heterocycles. The average molecular weight is 269 g/mol. The van der Waals surface area contributed by atoms with Gasteiger partial charge in [0.25, 0.3) is 0 Å². The lowest BCUT2D eigenvalue weighted by Gasteiger charge is -2.12. The summed E-state index contributed by atoms with van der Waals surface area (Å²) in [6, 6.07) is 9.49. The maximum absolute atomic E-state index is 11.4. The molecule has 1 amide bonds. The minimum Gasteiger partial charge on any atom is -0.394 e. The molecule has 0 aliphatic rings. The molecule has 18 heavy (non-hydrogen) atoms. The monoisotopic (exact) mass is 269 g/mol. The second kappa shape index (κ2) is 8.97. The Morgan fingerprint density at radius 1 is 1.22 bits per heavy atom. The third-order valence-corrected chi connectivity index (χ3v) is 3.46. The number of thioether (sulfide) groups is 1. The van der Waals surface area contributed by atoms with Crippen LogP contribution in [0.1, 0.15) is 12.8 Å². The van der Waals surface area contributed by atoms with Crippen molar-refractivity contribution >= 4 is 17.7 Å². The lowest BCUT2D eigenvalue weighted by Crippen LogP contribution is -2.39. The number of carbonyl (C=O) groups excluding carboxylic acids is 1. The van der Waals surface area contributed by atoms with Crippen LogP contribution >= 0.6 is 11.8 Å². The predicted molar refractivity (Wildman–Crippen MR) is 72.5 cm³/mol. The van der Waals surface area contributed by atoms with E-state index in [4.69, 9.17) is 10.2 Å². The third-order valence-electron chi connectivity index (χ3n) is 2.37. The minimum atomic E-state index is -0.542. The molecule has 0 atom stereocenters. The molecule has 0 aliphatic carbocycles. The van der Waals surface area contributed by atoms with Crippen molar-refractivity contribution in [1.82, 2.24) is 5.32 Å². The Balaban J connectivity index is 2.12. The van der Waals surface area contributed by atoms with Gasteiger partial charge in [0.2, 0.25) is 5.91 Å². The highest BCUT2D eigenvalue weighted by molar-refractivity contribution is 7.99. The van der Waals surface area contributed by atoms with Crippen LogP contribution in [0.5, 0.6) is 0 Å². The molecule has 4 nitrogen and oxygen atoms in total. The first-order valence-corrected chi connectivity index (χ1v) is 6.93. The van der Waals surface area contributed by atoms with Gasteiger partial charge in [0.1, 0.15) is 0 Å². The van der Waals surface area contributed by atoms with Crippen LogP contribution in [0.2, 0.25) is 0 Å². The molecule has 0 radical (unpaired) electrons. The Bertz CT molecular complexity index is 341. The molecule has 0 heterocycles. The Kier molecular flexibility index (Phi) is 7.48. The fraction of sp³-hybridized carbons (Fsp3) is 0.462. The van der Waals surface area contributed by atoms with Gasteiger partial charge in [-0.1, -0.05) is 18.2 Å². The van der Waals surface area contributed by atoms with E-state index in [1.807, 2.05) is 30.3 Å². The highest BCUT2D eigenvalue weighted by Crippen LogP contribution is 2.18. The SMILES string of the molecule is O=C(CCCSc1ccccc1)NC(CO)CO. The van der Waals surface area contributed by atoms with E-state index < -0.39 is 6.04 Å². The van der Waals surface area contributed by atoms with E-state index in [0.29, 0.717) is 6.42 Å². The summed E-state index contributed by atoms with van der Waals surface area (Å²) < 4.78 is 0. The number of benzene rings is 1. The number of aliphatic hydroxyl groups excluding tert-OH is 2. The molecule has 0 aliphatic heterocycles. The van der Waals surface area contributed by atoms with Crippen LogP contribution in [-0.4, -0.2) is 41.1 Å². The molecule has 1 rings (SSSR count). The van der Waals surface area contributed by atoms with E-state index in [1.165, 1.54) is 4.90 Å². The first-order valence-electron chi connectivity index (χ1n) is 5.95. The largest absolute Gasteiger partial charge is 0.394 e. The van der Waals surface area contributed by atoms with E-state index >= 15 is 0 Å². The summed E-state index contributed by atoms with van der Waals surface area (Å²) in [5.74, 6) is 0.747. The van der Waals surface area contributed by atoms with E-state index in [9.17, 15) is 4.79 Å². The number of amides is 1. The van der Waals surface area contributed by atoms with Crippen LogP contribution in [0.3, 0.4) is 0 Å². The fourth-order valence-corrected chi connectivity index (χ4v) is 2.26. The van der Waals surface area contributed by atoms with E-state index in [-0.39, 0.29) is 19.1 Å². The standard InChI is InChI=1S/C13H19NO3S/c15-9-11(10-16)14-13(17)7-4-8-18-12-5-2-1-3-6-12/h1-3,5-6,11,15-16H,4,7-10H2,(H,14,17). The van der Waals surface area contributed by atoms with Gasteiger partial charge in [0.15, 0.2) is 0 Å². The second-order valence-corrected chi connectivity index (χ2v) is 5.06. The summed E-state index contributed by atoms with van der Waals surface area (Å²) in [4.78, 5) is 12.6. The van der Waals surface area contributed by atoms with Crippen molar-refractivity contribution in [3.63, 3.8) is 0 Å². The van der Waals surface area contributed by atoms with Crippen LogP contribution in [0.4, 0.5) is 0 Å². The molecule has 3 N–H and O–H groups in total. The van der Waals surface area contributed by atoms with Gasteiger partial charge in [-0.2, -0.15) is 0 Å². The summed E-state index contributed by atoms with van der Waals surface area (Å²) >= 11 is 1.71. The second-order valence-electron chi connectivity index (χ2n) is 3.89. The molecule has 0 unspecified atom stereocenters. The molecular weight excluding hydrogens is 250 g/mol. The molecule has 100 valence electrons. The maximum Gasteiger partial charge on any atom is 0.220 e. The summed E-state index contributed by atoms with van der Waals surface area (Å²) in [5.41, 5.74) is 0. The molecule has 0 spiro atoms. The summed E-state index contributed by atoms with van der Waals surface area (Å²) in [6.07, 6.45) is 1.19. The topological polar surface area (TPSA) is 69.6 Å². The van der Waals surface area contributed by atoms with E-state index in [1.54, 1.807) is 11.8 Å². The Hall–Kier alpha value is -1.04. The summed E-state index contributed by atoms with van der Waals surface area (Å²) in [7, 11) is 0. The maximum atomic E-state index is 11.4. The van der Waals surface area contributed by atoms with Gasteiger partial charge < -0.3 is 15.5 Å². The van der Waals surface area contributed by atoms with Crippen LogP contribution in [0.15, 0.2) is 35.2 Å². The van der Waals surface area contributed by atoms with Crippen molar-refractivity contribution in [2.24, 2.45) is 0 Å². The zero-order valence-corrected chi connectivity index (χ0v) is 11.0. The summed E-state index contributed by atoms with van der Waals surface area (Å²) in [5, 5.41) is 20.2. The average Bonchev–Trinajstić information content (AvgIpc) is 2.42. The number of hydrogen-bond donors (Lipinski definition) is 3. The number of hydrogen-bond acceptors (Lipinski definition) is 4. The minimum absolute atomic E-state index is 0.128. The molecule has 0 fully saturated rings. The first-order chi connectivity index (χ1) is 8.76. The van der Waals surface area contributed by atoms with Gasteiger partial charge in [-0.15, -0.1) is 11.8 Å². The van der Waals surface area contributed by atoms with Crippen molar-refractivity contribution in [2.75, 3.05) is 19.0 Å². The van der Waals surface area contributed by atoms with Crippen molar-refractivity contribution < 1.29 is 15.0 Å². The molecule has 5 heteroatoms. The van der Waals surface area contributed by atoms with Gasteiger partial charge in [-0.25, -0.2) is 0 Å². The van der Waals surface area contributed by atoms with Crippen molar-refractivity contribution in [2.45, 2.75) is 23.8 Å². The zero-order valence-electron chi connectivity index (χ0n) is 10.2. The van der Waals surface area contributed by atoms with Gasteiger partial charge in [0.05, 0.1) is 19.3 Å². The quantitative estimate of drug-likeness (QED) is 0.487. The van der Waals surface area contributed by atoms with Crippen LogP contribution in [0, 0.1) is 0 Å². The number of rotatable bonds is 8.